The van der Waals surface area contributed by atoms with Crippen molar-refractivity contribution in [3.05, 3.63) is 29.8 Å². The molecule has 0 atom stereocenters. The normalized spacial score (nSPS) is 8.22. The summed E-state index contributed by atoms with van der Waals surface area (Å²) in [5, 5.41) is 0. The Morgan fingerprint density at radius 3 is 2.56 bits per heavy atom. The average Bonchev–Trinajstić information content (AvgIpc) is 1.77. The van der Waals surface area contributed by atoms with Crippen LogP contribution in [0.4, 0.5) is 0 Å². The molecule has 0 N–H and O–H groups in total. The van der Waals surface area contributed by atoms with Crippen LogP contribution in [-0.4, -0.2) is 0 Å². The molecule has 0 spiro atoms. The number of hydrogen-bond donors (Lipinski definition) is 1. The first-order valence-electron chi connectivity index (χ1n) is 2.46. The van der Waals surface area contributed by atoms with Crippen molar-refractivity contribution in [2.24, 2.45) is 0 Å². The largest absolute Gasteiger partial charge is 0.213 e. The second-order valence-corrected chi connectivity index (χ2v) is 2.19. The van der Waals surface area contributed by atoms with Gasteiger partial charge in [-0.05, 0) is 0 Å². The van der Waals surface area contributed by atoms with Crippen molar-refractivity contribution in [2.45, 2.75) is 11.8 Å². The van der Waals surface area contributed by atoms with Gasteiger partial charge in [0.1, 0.15) is 0 Å². The number of hydrogen-bond acceptors (Lipinski definition) is 1. The molecular weight excluding hydrogens is 354 g/mol. The molecule has 1 rings (SSSR count). The Hall–Kier alpha value is 0.622. The number of aryl methyl sites for hydroxylation is 1. The van der Waals surface area contributed by atoms with Gasteiger partial charge in [0.2, 0.25) is 0 Å². The number of benzene rings is 1. The first kappa shape index (κ1) is 9.62. The van der Waals surface area contributed by atoms with Crippen LogP contribution in [-0.2, 0) is 0 Å². The predicted molar refractivity (Wildman–Crippen MR) is 37.3 cm³/mol. The summed E-state index contributed by atoms with van der Waals surface area (Å²) in [5.74, 6) is 0. The van der Waals surface area contributed by atoms with Gasteiger partial charge < -0.3 is 0 Å². The molecule has 0 radical (unpaired) electrons. The van der Waals surface area contributed by atoms with E-state index in [1.807, 2.05) is 25.1 Å². The van der Waals surface area contributed by atoms with Gasteiger partial charge in [0.25, 0.3) is 0 Å². The zero-order valence-electron chi connectivity index (χ0n) is 5.18. The third kappa shape index (κ3) is 2.80. The van der Waals surface area contributed by atoms with E-state index in [4.69, 9.17) is 0 Å². The van der Waals surface area contributed by atoms with E-state index in [2.05, 4.69) is 18.7 Å². The third-order valence-electron chi connectivity index (χ3n) is 1.05. The van der Waals surface area contributed by atoms with E-state index in [1.165, 1.54) is 5.56 Å². The summed E-state index contributed by atoms with van der Waals surface area (Å²) in [6, 6.07) is 8.66. The predicted octanol–water partition coefficient (Wildman–Crippen LogP) is 2.08. The smallest absolute Gasteiger partial charge is 0 e. The van der Waals surface area contributed by atoms with Crippen LogP contribution in [0.5, 0.6) is 0 Å². The summed E-state index contributed by atoms with van der Waals surface area (Å²) in [6.45, 7) is 2.02. The standard InChI is InChI=1S/C7H7S.U/c1-6-4-2-3-5-7(6)8;/h2,4-5,8H,1H3;/q-1;. The Bertz CT molecular complexity index is 165. The van der Waals surface area contributed by atoms with Crippen molar-refractivity contribution >= 4 is 12.6 Å². The van der Waals surface area contributed by atoms with Crippen molar-refractivity contribution in [1.29, 1.82) is 0 Å². The van der Waals surface area contributed by atoms with E-state index in [1.54, 1.807) is 0 Å². The van der Waals surface area contributed by atoms with Crippen LogP contribution in [0.25, 0.3) is 0 Å². The van der Waals surface area contributed by atoms with Gasteiger partial charge in [-0.2, -0.15) is 24.3 Å². The molecule has 0 amide bonds. The summed E-state index contributed by atoms with van der Waals surface area (Å²) in [5.41, 5.74) is 1.20. The quantitative estimate of drug-likeness (QED) is 0.531. The van der Waals surface area contributed by atoms with Crippen LogP contribution < -0.4 is 0 Å². The van der Waals surface area contributed by atoms with Crippen LogP contribution in [0.15, 0.2) is 23.1 Å². The molecule has 1 aromatic rings. The SMILES string of the molecule is Cc1cc[c-]cc1S.[U]. The fourth-order valence-electron chi connectivity index (χ4n) is 0.499. The zero-order chi connectivity index (χ0) is 5.98. The van der Waals surface area contributed by atoms with Gasteiger partial charge in [-0.25, -0.2) is 12.6 Å². The Morgan fingerprint density at radius 1 is 1.56 bits per heavy atom. The molecule has 0 aliphatic heterocycles. The maximum absolute atomic E-state index is 4.17. The topological polar surface area (TPSA) is 0 Å². The summed E-state index contributed by atoms with van der Waals surface area (Å²) in [4.78, 5) is 1.01. The zero-order valence-corrected chi connectivity index (χ0v) is 10.2. The van der Waals surface area contributed by atoms with E-state index < -0.39 is 0 Å². The van der Waals surface area contributed by atoms with Crippen molar-refractivity contribution in [3.63, 3.8) is 0 Å². The van der Waals surface area contributed by atoms with Crippen LogP contribution in [0, 0.1) is 44.1 Å². The average molecular weight is 361 g/mol. The third-order valence-corrected chi connectivity index (χ3v) is 1.54. The van der Waals surface area contributed by atoms with Crippen LogP contribution >= 0.6 is 12.6 Å². The number of thiol groups is 1. The first-order chi connectivity index (χ1) is 3.80. The molecule has 46 valence electrons. The molecule has 0 aliphatic rings. The van der Waals surface area contributed by atoms with Crippen molar-refractivity contribution < 1.29 is 31.1 Å². The van der Waals surface area contributed by atoms with Crippen molar-refractivity contribution in [2.75, 3.05) is 0 Å². The molecular formula is C7H7SU-. The van der Waals surface area contributed by atoms with E-state index in [9.17, 15) is 0 Å². The minimum atomic E-state index is 0. The molecule has 0 saturated carbocycles. The van der Waals surface area contributed by atoms with Gasteiger partial charge in [0.15, 0.2) is 0 Å². The molecule has 0 heterocycles. The second kappa shape index (κ2) is 4.44. The van der Waals surface area contributed by atoms with E-state index in [-0.39, 0.29) is 31.1 Å². The fourth-order valence-corrected chi connectivity index (χ4v) is 0.648. The molecule has 0 unspecified atom stereocenters. The van der Waals surface area contributed by atoms with Gasteiger partial charge in [-0.3, -0.25) is 0 Å². The molecule has 0 saturated heterocycles. The summed E-state index contributed by atoms with van der Waals surface area (Å²) in [6.07, 6.45) is 0. The van der Waals surface area contributed by atoms with Crippen molar-refractivity contribution in [3.8, 4) is 0 Å². The minimum absolute atomic E-state index is 0. The molecule has 0 aliphatic carbocycles. The first-order valence-corrected chi connectivity index (χ1v) is 2.91. The Labute approximate surface area is 84.8 Å². The molecule has 0 aromatic heterocycles. The Balaban J connectivity index is 0.000000640. The number of rotatable bonds is 0. The maximum atomic E-state index is 4.17. The van der Waals surface area contributed by atoms with Crippen LogP contribution in [0.3, 0.4) is 0 Å². The Morgan fingerprint density at radius 2 is 2.22 bits per heavy atom. The van der Waals surface area contributed by atoms with Gasteiger partial charge in [-0.15, -0.1) is 10.5 Å². The summed E-state index contributed by atoms with van der Waals surface area (Å²) in [7, 11) is 0. The molecule has 1 aromatic carbocycles. The van der Waals surface area contributed by atoms with Crippen molar-refractivity contribution in [1.82, 2.24) is 0 Å². The minimum Gasteiger partial charge on any atom is -0.213 e. The summed E-state index contributed by atoms with van der Waals surface area (Å²) < 4.78 is 0. The van der Waals surface area contributed by atoms with Gasteiger partial charge in [0.05, 0.1) is 0 Å². The fraction of sp³-hybridized carbons (Fsp3) is 0.143. The molecule has 0 nitrogen and oxygen atoms in total. The second-order valence-electron chi connectivity index (χ2n) is 1.71. The monoisotopic (exact) mass is 361 g/mol. The van der Waals surface area contributed by atoms with E-state index in [0.717, 1.165) is 4.90 Å². The van der Waals surface area contributed by atoms with Crippen LogP contribution in [0.2, 0.25) is 0 Å². The molecule has 9 heavy (non-hydrogen) atoms. The van der Waals surface area contributed by atoms with Crippen LogP contribution in [0.1, 0.15) is 5.56 Å². The van der Waals surface area contributed by atoms with E-state index >= 15 is 0 Å². The van der Waals surface area contributed by atoms with Gasteiger partial charge in [-0.1, -0.05) is 6.92 Å². The molecule has 0 fully saturated rings. The Kier molecular flexibility index (Phi) is 4.75. The van der Waals surface area contributed by atoms with Gasteiger partial charge in [0, 0.05) is 31.1 Å². The molecule has 0 bridgehead atoms. The molecule has 2 heteroatoms. The summed E-state index contributed by atoms with van der Waals surface area (Å²) >= 11 is 4.17. The van der Waals surface area contributed by atoms with Gasteiger partial charge >= 0.3 is 0 Å². The van der Waals surface area contributed by atoms with E-state index in [0.29, 0.717) is 0 Å². The maximum Gasteiger partial charge on any atom is 0 e.